The smallest absolute Gasteiger partial charge is 0.239 e. The van der Waals surface area contributed by atoms with Crippen LogP contribution in [0.5, 0.6) is 0 Å². The van der Waals surface area contributed by atoms with Crippen molar-refractivity contribution in [1.82, 2.24) is 15.5 Å². The number of anilines is 1. The Morgan fingerprint density at radius 1 is 1.33 bits per heavy atom. The first-order valence-electron chi connectivity index (χ1n) is 5.90. The van der Waals surface area contributed by atoms with Crippen LogP contribution in [0.2, 0.25) is 0 Å². The maximum Gasteiger partial charge on any atom is 0.239 e. The SMILES string of the molecule is CC(C)NC(=O)CNc1cnnc2ccccc12. The summed E-state index contributed by atoms with van der Waals surface area (Å²) in [6.07, 6.45) is 1.63. The van der Waals surface area contributed by atoms with Gasteiger partial charge in [0.15, 0.2) is 0 Å². The van der Waals surface area contributed by atoms with Gasteiger partial charge in [-0.2, -0.15) is 10.2 Å². The van der Waals surface area contributed by atoms with Crippen LogP contribution in [-0.4, -0.2) is 28.7 Å². The van der Waals surface area contributed by atoms with Gasteiger partial charge >= 0.3 is 0 Å². The van der Waals surface area contributed by atoms with Crippen LogP contribution < -0.4 is 10.6 Å². The van der Waals surface area contributed by atoms with E-state index in [9.17, 15) is 4.79 Å². The van der Waals surface area contributed by atoms with Gasteiger partial charge in [0.05, 0.1) is 23.9 Å². The molecule has 0 fully saturated rings. The first kappa shape index (κ1) is 12.3. The predicted molar refractivity (Wildman–Crippen MR) is 71.3 cm³/mol. The van der Waals surface area contributed by atoms with E-state index in [1.54, 1.807) is 6.20 Å². The summed E-state index contributed by atoms with van der Waals surface area (Å²) < 4.78 is 0. The second-order valence-electron chi connectivity index (χ2n) is 4.35. The lowest BCUT2D eigenvalue weighted by Crippen LogP contribution is -2.34. The van der Waals surface area contributed by atoms with Crippen LogP contribution in [0, 0.1) is 0 Å². The average Bonchev–Trinajstić information content (AvgIpc) is 2.35. The number of carbonyl (C=O) groups excluding carboxylic acids is 1. The highest BCUT2D eigenvalue weighted by Crippen LogP contribution is 2.19. The largest absolute Gasteiger partial charge is 0.374 e. The first-order valence-corrected chi connectivity index (χ1v) is 5.90. The number of amides is 1. The topological polar surface area (TPSA) is 66.9 Å². The van der Waals surface area contributed by atoms with Gasteiger partial charge < -0.3 is 10.6 Å². The number of carbonyl (C=O) groups is 1. The highest BCUT2D eigenvalue weighted by molar-refractivity contribution is 5.92. The molecule has 94 valence electrons. The molecule has 0 aliphatic rings. The zero-order valence-electron chi connectivity index (χ0n) is 10.5. The number of benzene rings is 1. The van der Waals surface area contributed by atoms with Crippen molar-refractivity contribution < 1.29 is 4.79 Å². The van der Waals surface area contributed by atoms with Crippen LogP contribution in [0.15, 0.2) is 30.5 Å². The summed E-state index contributed by atoms with van der Waals surface area (Å²) in [4.78, 5) is 11.6. The number of hydrogen-bond acceptors (Lipinski definition) is 4. The minimum atomic E-state index is -0.0362. The van der Waals surface area contributed by atoms with Gasteiger partial charge in [0.1, 0.15) is 0 Å². The monoisotopic (exact) mass is 244 g/mol. The van der Waals surface area contributed by atoms with Crippen molar-refractivity contribution in [3.63, 3.8) is 0 Å². The van der Waals surface area contributed by atoms with Gasteiger partial charge in [0.25, 0.3) is 0 Å². The lowest BCUT2D eigenvalue weighted by molar-refractivity contribution is -0.119. The Bertz CT molecular complexity index is 548. The minimum Gasteiger partial charge on any atom is -0.374 e. The molecule has 0 atom stereocenters. The minimum absolute atomic E-state index is 0.0362. The van der Waals surface area contributed by atoms with Gasteiger partial charge in [-0.05, 0) is 19.9 Å². The lowest BCUT2D eigenvalue weighted by atomic mass is 10.2. The Kier molecular flexibility index (Phi) is 3.72. The van der Waals surface area contributed by atoms with Crippen molar-refractivity contribution >= 4 is 22.5 Å². The quantitative estimate of drug-likeness (QED) is 0.856. The Morgan fingerprint density at radius 3 is 2.89 bits per heavy atom. The summed E-state index contributed by atoms with van der Waals surface area (Å²) in [5, 5.41) is 14.8. The molecular weight excluding hydrogens is 228 g/mol. The van der Waals surface area contributed by atoms with Crippen molar-refractivity contribution in [3.8, 4) is 0 Å². The molecule has 0 radical (unpaired) electrons. The summed E-state index contributed by atoms with van der Waals surface area (Å²) in [7, 11) is 0. The normalized spacial score (nSPS) is 10.6. The van der Waals surface area contributed by atoms with Crippen LogP contribution in [0.25, 0.3) is 10.9 Å². The van der Waals surface area contributed by atoms with Gasteiger partial charge in [-0.1, -0.05) is 18.2 Å². The van der Waals surface area contributed by atoms with Crippen molar-refractivity contribution in [2.45, 2.75) is 19.9 Å². The van der Waals surface area contributed by atoms with Crippen molar-refractivity contribution in [2.75, 3.05) is 11.9 Å². The second-order valence-corrected chi connectivity index (χ2v) is 4.35. The fourth-order valence-electron chi connectivity index (χ4n) is 1.70. The summed E-state index contributed by atoms with van der Waals surface area (Å²) in [5.41, 5.74) is 1.63. The summed E-state index contributed by atoms with van der Waals surface area (Å²) >= 11 is 0. The lowest BCUT2D eigenvalue weighted by Gasteiger charge is -2.10. The van der Waals surface area contributed by atoms with E-state index in [1.165, 1.54) is 0 Å². The molecule has 1 aromatic heterocycles. The fraction of sp³-hybridized carbons (Fsp3) is 0.308. The zero-order valence-corrected chi connectivity index (χ0v) is 10.5. The Hall–Kier alpha value is -2.17. The molecule has 0 aliphatic heterocycles. The molecule has 1 aromatic carbocycles. The Labute approximate surface area is 106 Å². The standard InChI is InChI=1S/C13H16N4O/c1-9(2)16-13(18)8-14-12-7-15-17-11-6-4-3-5-10(11)12/h3-7,9H,8H2,1-2H3,(H,14,17)(H,16,18). The van der Waals surface area contributed by atoms with Gasteiger partial charge in [0, 0.05) is 11.4 Å². The third-order valence-corrected chi connectivity index (χ3v) is 2.44. The molecule has 0 unspecified atom stereocenters. The van der Waals surface area contributed by atoms with E-state index in [1.807, 2.05) is 38.1 Å². The van der Waals surface area contributed by atoms with Crippen LogP contribution in [0.1, 0.15) is 13.8 Å². The Balaban J connectivity index is 2.10. The molecule has 0 saturated carbocycles. The van der Waals surface area contributed by atoms with Crippen molar-refractivity contribution in [1.29, 1.82) is 0 Å². The molecule has 2 N–H and O–H groups in total. The number of aromatic nitrogens is 2. The van der Waals surface area contributed by atoms with Crippen LogP contribution >= 0.6 is 0 Å². The predicted octanol–water partition coefficient (Wildman–Crippen LogP) is 1.57. The van der Waals surface area contributed by atoms with Crippen molar-refractivity contribution in [2.24, 2.45) is 0 Å². The second kappa shape index (κ2) is 5.44. The molecule has 1 heterocycles. The first-order chi connectivity index (χ1) is 8.66. The number of hydrogen-bond donors (Lipinski definition) is 2. The number of fused-ring (bicyclic) bond motifs is 1. The van der Waals surface area contributed by atoms with Crippen LogP contribution in [0.4, 0.5) is 5.69 Å². The highest BCUT2D eigenvalue weighted by Gasteiger charge is 2.05. The van der Waals surface area contributed by atoms with E-state index in [0.29, 0.717) is 0 Å². The van der Waals surface area contributed by atoms with Gasteiger partial charge in [0.2, 0.25) is 5.91 Å². The van der Waals surface area contributed by atoms with E-state index >= 15 is 0 Å². The van der Waals surface area contributed by atoms with Gasteiger partial charge in [-0.3, -0.25) is 4.79 Å². The molecule has 5 heteroatoms. The molecule has 5 nitrogen and oxygen atoms in total. The third-order valence-electron chi connectivity index (χ3n) is 2.44. The molecule has 0 aliphatic carbocycles. The average molecular weight is 244 g/mol. The number of nitrogens with one attached hydrogen (secondary N) is 2. The van der Waals surface area contributed by atoms with E-state index in [2.05, 4.69) is 20.8 Å². The maximum atomic E-state index is 11.6. The fourth-order valence-corrected chi connectivity index (χ4v) is 1.70. The molecular formula is C13H16N4O. The highest BCUT2D eigenvalue weighted by atomic mass is 16.1. The maximum absolute atomic E-state index is 11.6. The number of nitrogens with zero attached hydrogens (tertiary/aromatic N) is 2. The molecule has 0 bridgehead atoms. The third kappa shape index (κ3) is 2.94. The zero-order chi connectivity index (χ0) is 13.0. The summed E-state index contributed by atoms with van der Waals surface area (Å²) in [5.74, 6) is -0.0362. The van der Waals surface area contributed by atoms with Crippen LogP contribution in [0.3, 0.4) is 0 Å². The molecule has 2 rings (SSSR count). The molecule has 0 spiro atoms. The molecule has 2 aromatic rings. The van der Waals surface area contributed by atoms with E-state index in [-0.39, 0.29) is 18.5 Å². The Morgan fingerprint density at radius 2 is 2.11 bits per heavy atom. The summed E-state index contributed by atoms with van der Waals surface area (Å²) in [6, 6.07) is 7.83. The summed E-state index contributed by atoms with van der Waals surface area (Å²) in [6.45, 7) is 4.09. The van der Waals surface area contributed by atoms with Crippen molar-refractivity contribution in [3.05, 3.63) is 30.5 Å². The molecule has 1 amide bonds. The van der Waals surface area contributed by atoms with E-state index in [0.717, 1.165) is 16.6 Å². The van der Waals surface area contributed by atoms with Gasteiger partial charge in [-0.25, -0.2) is 0 Å². The number of rotatable bonds is 4. The molecule has 18 heavy (non-hydrogen) atoms. The molecule has 0 saturated heterocycles. The van der Waals surface area contributed by atoms with Gasteiger partial charge in [-0.15, -0.1) is 0 Å². The van der Waals surface area contributed by atoms with Crippen LogP contribution in [-0.2, 0) is 4.79 Å². The van der Waals surface area contributed by atoms with E-state index in [4.69, 9.17) is 0 Å². The van der Waals surface area contributed by atoms with E-state index < -0.39 is 0 Å².